The average molecular weight is 456 g/mol. The normalized spacial score (nSPS) is 20.0. The molecule has 2 aromatic carbocycles. The molecular weight excluding hydrogens is 432 g/mol. The second-order valence-corrected chi connectivity index (χ2v) is 10.0. The first-order valence-corrected chi connectivity index (χ1v) is 14.9. The molecule has 0 heterocycles. The van der Waals surface area contributed by atoms with Crippen molar-refractivity contribution in [2.75, 3.05) is 0 Å². The molecule has 25 heavy (non-hydrogen) atoms. The van der Waals surface area contributed by atoms with Gasteiger partial charge in [0.15, 0.2) is 0 Å². The molecule has 0 saturated heterocycles. The molecule has 2 unspecified atom stereocenters. The molecule has 0 bridgehead atoms. The summed E-state index contributed by atoms with van der Waals surface area (Å²) in [4.78, 5) is 4.75. The van der Waals surface area contributed by atoms with Crippen molar-refractivity contribution in [2.24, 2.45) is 10.9 Å². The number of nitrogens with zero attached hydrogens (tertiary/aromatic N) is 1. The zero-order valence-corrected chi connectivity index (χ0v) is 18.3. The van der Waals surface area contributed by atoms with Crippen LogP contribution in [0.3, 0.4) is 0 Å². The molecule has 1 aliphatic rings. The molecule has 1 N–H and O–H groups in total. The molecule has 1 fully saturated rings. The summed E-state index contributed by atoms with van der Waals surface area (Å²) in [5.41, 5.74) is 2.70. The van der Waals surface area contributed by atoms with Crippen molar-refractivity contribution in [3.8, 4) is 16.9 Å². The van der Waals surface area contributed by atoms with Crippen LogP contribution in [0, 0.1) is 5.92 Å². The van der Waals surface area contributed by atoms with Crippen LogP contribution in [0.2, 0.25) is 0 Å². The maximum absolute atomic E-state index is 10.5. The van der Waals surface area contributed by atoms with Crippen LogP contribution in [0.1, 0.15) is 38.2 Å². The number of hydrogen-bond donors (Lipinski definition) is 1. The Labute approximate surface area is 169 Å². The van der Waals surface area contributed by atoms with Crippen LogP contribution in [0.15, 0.2) is 53.5 Å². The number of halogens is 2. The van der Waals surface area contributed by atoms with E-state index in [1.807, 2.05) is 54.7 Å². The number of hydrogen-bond acceptors (Lipinski definition) is 2. The Kier molecular flexibility index (Phi) is 9.24. The molecule has 2 atom stereocenters. The van der Waals surface area contributed by atoms with E-state index >= 15 is 0 Å². The van der Waals surface area contributed by atoms with Gasteiger partial charge >= 0.3 is 37.9 Å². The van der Waals surface area contributed by atoms with Gasteiger partial charge < -0.3 is 5.11 Å². The average Bonchev–Trinajstić information content (AvgIpc) is 2.63. The monoisotopic (exact) mass is 453 g/mol. The third-order valence-electron chi connectivity index (χ3n) is 4.62. The first-order valence-electron chi connectivity index (χ1n) is 8.54. The Bertz CT molecular complexity index is 679. The fourth-order valence-electron chi connectivity index (χ4n) is 3.21. The van der Waals surface area contributed by atoms with Crippen LogP contribution in [-0.4, -0.2) is 17.4 Å². The van der Waals surface area contributed by atoms with Crippen LogP contribution < -0.4 is 0 Å². The van der Waals surface area contributed by atoms with E-state index in [0.29, 0.717) is 17.7 Å². The first-order chi connectivity index (χ1) is 12.2. The van der Waals surface area contributed by atoms with E-state index in [-0.39, 0.29) is 0 Å². The third kappa shape index (κ3) is 6.24. The van der Waals surface area contributed by atoms with Crippen molar-refractivity contribution in [1.29, 1.82) is 0 Å². The third-order valence-corrected chi connectivity index (χ3v) is 4.62. The minimum absolute atomic E-state index is 0.320. The molecular formula is C20H23Cl2NOZr. The second-order valence-electron chi connectivity index (χ2n) is 6.29. The summed E-state index contributed by atoms with van der Waals surface area (Å²) in [5, 5.41) is 10.5. The van der Waals surface area contributed by atoms with Gasteiger partial charge in [0.05, 0.1) is 6.04 Å². The molecule has 0 amide bonds. The number of aromatic hydroxyl groups is 1. The van der Waals surface area contributed by atoms with E-state index in [1.165, 1.54) is 19.3 Å². The predicted molar refractivity (Wildman–Crippen MR) is 104 cm³/mol. The standard InChI is InChI=1S/C20H23NO.2ClH.Zr/c1-15-8-5-6-13-19(15)21-14-17-11-7-12-18(20(17)22)16-9-3-2-4-10-16;;;/h2-4,7,9-12,14-15,19,22H,5-6,8,13H2,1H3;2*1H;/q;;;+2/p-2. The molecule has 0 aromatic heterocycles. The van der Waals surface area contributed by atoms with Crippen molar-refractivity contribution in [2.45, 2.75) is 38.6 Å². The Morgan fingerprint density at radius 1 is 1.04 bits per heavy atom. The van der Waals surface area contributed by atoms with Crippen LogP contribution in [0.25, 0.3) is 11.1 Å². The molecule has 1 saturated carbocycles. The fourth-order valence-corrected chi connectivity index (χ4v) is 3.21. The van der Waals surface area contributed by atoms with Crippen molar-refractivity contribution in [3.63, 3.8) is 0 Å². The minimum atomic E-state index is -0.826. The van der Waals surface area contributed by atoms with E-state index < -0.39 is 20.8 Å². The van der Waals surface area contributed by atoms with Gasteiger partial charge in [-0.2, -0.15) is 0 Å². The maximum atomic E-state index is 10.5. The molecule has 3 rings (SSSR count). The number of para-hydroxylation sites is 1. The van der Waals surface area contributed by atoms with E-state index in [2.05, 4.69) is 6.92 Å². The molecule has 1 aliphatic carbocycles. The Morgan fingerprint density at radius 2 is 1.72 bits per heavy atom. The number of rotatable bonds is 3. The molecule has 5 heteroatoms. The molecule has 132 valence electrons. The number of aliphatic imine (C=N–C) groups is 1. The summed E-state index contributed by atoms with van der Waals surface area (Å²) in [7, 11) is 9.87. The summed E-state index contributed by atoms with van der Waals surface area (Å²) in [5.74, 6) is 0.963. The van der Waals surface area contributed by atoms with Gasteiger partial charge in [0.2, 0.25) is 0 Å². The summed E-state index contributed by atoms with van der Waals surface area (Å²) in [6, 6.07) is 16.2. The second kappa shape index (κ2) is 11.2. The van der Waals surface area contributed by atoms with Gasteiger partial charge in [-0.15, -0.1) is 0 Å². The van der Waals surface area contributed by atoms with Crippen molar-refractivity contribution < 1.29 is 26.0 Å². The topological polar surface area (TPSA) is 32.6 Å². The predicted octanol–water partition coefficient (Wildman–Crippen LogP) is 6.43. The van der Waals surface area contributed by atoms with Crippen LogP contribution >= 0.6 is 17.0 Å². The van der Waals surface area contributed by atoms with Gasteiger partial charge in [0.25, 0.3) is 0 Å². The quantitative estimate of drug-likeness (QED) is 0.531. The molecule has 2 nitrogen and oxygen atoms in total. The fraction of sp³-hybridized carbons (Fsp3) is 0.350. The van der Waals surface area contributed by atoms with Gasteiger partial charge in [-0.3, -0.25) is 4.99 Å². The Hall–Kier alpha value is -0.627. The van der Waals surface area contributed by atoms with Crippen LogP contribution in [0.4, 0.5) is 0 Å². The van der Waals surface area contributed by atoms with Crippen molar-refractivity contribution in [1.82, 2.24) is 0 Å². The summed E-state index contributed by atoms with van der Waals surface area (Å²) in [6.07, 6.45) is 6.87. The summed E-state index contributed by atoms with van der Waals surface area (Å²) in [6.45, 7) is 2.28. The molecule has 0 spiro atoms. The van der Waals surface area contributed by atoms with Gasteiger partial charge in [-0.25, -0.2) is 0 Å². The molecule has 2 aromatic rings. The summed E-state index contributed by atoms with van der Waals surface area (Å²) < 4.78 is 0. The van der Waals surface area contributed by atoms with Gasteiger partial charge in [0.1, 0.15) is 5.75 Å². The number of benzene rings is 2. The zero-order chi connectivity index (χ0) is 18.1. The Balaban J connectivity index is 0.000000701. The summed E-state index contributed by atoms with van der Waals surface area (Å²) >= 11 is -0.826. The van der Waals surface area contributed by atoms with Crippen LogP contribution in [-0.2, 0) is 20.8 Å². The zero-order valence-electron chi connectivity index (χ0n) is 14.3. The van der Waals surface area contributed by atoms with E-state index in [4.69, 9.17) is 22.0 Å². The van der Waals surface area contributed by atoms with Gasteiger partial charge in [-0.05, 0) is 30.4 Å². The molecule has 0 radical (unpaired) electrons. The van der Waals surface area contributed by atoms with Crippen molar-refractivity contribution in [3.05, 3.63) is 54.1 Å². The Morgan fingerprint density at radius 3 is 2.40 bits per heavy atom. The number of phenolic OH excluding ortho intramolecular Hbond substituents is 1. The van der Waals surface area contributed by atoms with E-state index in [0.717, 1.165) is 23.1 Å². The molecule has 0 aliphatic heterocycles. The van der Waals surface area contributed by atoms with Crippen molar-refractivity contribution >= 4 is 23.2 Å². The number of phenols is 1. The first kappa shape index (κ1) is 20.7. The van der Waals surface area contributed by atoms with Gasteiger partial charge in [-0.1, -0.05) is 62.2 Å². The van der Waals surface area contributed by atoms with E-state index in [9.17, 15) is 5.11 Å². The van der Waals surface area contributed by atoms with Gasteiger partial charge in [0, 0.05) is 17.3 Å². The SMILES string of the molecule is CC1CCCCC1N=Cc1cccc(-c2ccccc2)c1O.[Cl][Zr][Cl]. The van der Waals surface area contributed by atoms with E-state index in [1.54, 1.807) is 0 Å². The van der Waals surface area contributed by atoms with Crippen LogP contribution in [0.5, 0.6) is 5.75 Å².